The average molecular weight is 327 g/mol. The van der Waals surface area contributed by atoms with Gasteiger partial charge in [-0.2, -0.15) is 0 Å². The lowest BCUT2D eigenvalue weighted by Gasteiger charge is -2.07. The van der Waals surface area contributed by atoms with Crippen LogP contribution in [0.4, 0.5) is 5.69 Å². The van der Waals surface area contributed by atoms with Crippen molar-refractivity contribution in [2.24, 2.45) is 11.1 Å². The molecule has 8 nitrogen and oxygen atoms in total. The summed E-state index contributed by atoms with van der Waals surface area (Å²) >= 11 is 0.833. The van der Waals surface area contributed by atoms with Crippen LogP contribution < -0.4 is 10.5 Å². The molecule has 0 bridgehead atoms. The van der Waals surface area contributed by atoms with Crippen molar-refractivity contribution in [3.05, 3.63) is 18.3 Å². The van der Waals surface area contributed by atoms with E-state index < -0.39 is 10.0 Å². The molecule has 0 radical (unpaired) electrons. The summed E-state index contributed by atoms with van der Waals surface area (Å²) in [6.07, 6.45) is 1.47. The van der Waals surface area contributed by atoms with Crippen molar-refractivity contribution in [1.29, 1.82) is 0 Å². The van der Waals surface area contributed by atoms with Crippen LogP contribution in [0, 0.1) is 5.92 Å². The van der Waals surface area contributed by atoms with Gasteiger partial charge in [-0.1, -0.05) is 25.2 Å². The molecule has 0 atom stereocenters. The van der Waals surface area contributed by atoms with E-state index in [-0.39, 0.29) is 16.2 Å². The van der Waals surface area contributed by atoms with Gasteiger partial charge >= 0.3 is 0 Å². The van der Waals surface area contributed by atoms with Gasteiger partial charge in [-0.05, 0) is 12.1 Å². The van der Waals surface area contributed by atoms with Crippen LogP contribution in [-0.2, 0) is 14.8 Å². The number of hydrogen-bond acceptors (Lipinski definition) is 7. The van der Waals surface area contributed by atoms with Gasteiger partial charge in [-0.25, -0.2) is 13.6 Å². The van der Waals surface area contributed by atoms with Crippen molar-refractivity contribution in [3.63, 3.8) is 0 Å². The van der Waals surface area contributed by atoms with Crippen molar-refractivity contribution in [3.8, 4) is 10.7 Å². The Morgan fingerprint density at radius 1 is 1.33 bits per heavy atom. The Hall–Kier alpha value is -1.91. The summed E-state index contributed by atoms with van der Waals surface area (Å²) < 4.78 is 22.0. The molecule has 0 spiro atoms. The van der Waals surface area contributed by atoms with Crippen LogP contribution in [0.1, 0.15) is 13.8 Å². The zero-order valence-electron chi connectivity index (χ0n) is 11.3. The Morgan fingerprint density at radius 2 is 2.05 bits per heavy atom. The van der Waals surface area contributed by atoms with Gasteiger partial charge in [0, 0.05) is 5.92 Å². The van der Waals surface area contributed by atoms with E-state index >= 15 is 0 Å². The maximum Gasteiger partial charge on any atom is 0.267 e. The summed E-state index contributed by atoms with van der Waals surface area (Å²) in [5, 5.41) is 15.2. The number of primary sulfonamides is 1. The minimum Gasteiger partial charge on any atom is -0.325 e. The van der Waals surface area contributed by atoms with E-state index in [2.05, 4.69) is 20.5 Å². The zero-order chi connectivity index (χ0) is 15.6. The Morgan fingerprint density at radius 3 is 2.52 bits per heavy atom. The molecule has 21 heavy (non-hydrogen) atoms. The van der Waals surface area contributed by atoms with E-state index in [1.807, 2.05) is 0 Å². The Labute approximate surface area is 125 Å². The molecule has 0 saturated carbocycles. The third kappa shape index (κ3) is 3.80. The largest absolute Gasteiger partial charge is 0.325 e. The lowest BCUT2D eigenvalue weighted by atomic mass is 10.2. The number of nitrogens with one attached hydrogen (secondary N) is 1. The molecule has 0 aliphatic carbocycles. The van der Waals surface area contributed by atoms with Crippen LogP contribution >= 0.6 is 11.3 Å². The molecule has 3 N–H and O–H groups in total. The van der Waals surface area contributed by atoms with Crippen molar-refractivity contribution in [2.45, 2.75) is 18.2 Å². The molecule has 2 aromatic heterocycles. The minimum atomic E-state index is -3.86. The molecule has 10 heteroatoms. The fraction of sp³-hybridized carbons (Fsp3) is 0.273. The van der Waals surface area contributed by atoms with Gasteiger partial charge in [0.1, 0.15) is 5.69 Å². The van der Waals surface area contributed by atoms with Crippen LogP contribution in [0.15, 0.2) is 22.7 Å². The third-order valence-corrected chi connectivity index (χ3v) is 4.68. The van der Waals surface area contributed by atoms with E-state index in [1.165, 1.54) is 6.20 Å². The van der Waals surface area contributed by atoms with Crippen LogP contribution in [0.25, 0.3) is 10.7 Å². The van der Waals surface area contributed by atoms with Crippen molar-refractivity contribution >= 4 is 33.0 Å². The number of aromatic nitrogens is 3. The third-order valence-electron chi connectivity index (χ3n) is 2.42. The summed E-state index contributed by atoms with van der Waals surface area (Å²) in [7, 11) is -3.86. The summed E-state index contributed by atoms with van der Waals surface area (Å²) in [5.74, 6) is -0.248. The maximum absolute atomic E-state index is 11.5. The Kier molecular flexibility index (Phi) is 4.30. The van der Waals surface area contributed by atoms with Crippen molar-refractivity contribution in [1.82, 2.24) is 15.2 Å². The van der Waals surface area contributed by atoms with E-state index in [0.29, 0.717) is 16.4 Å². The van der Waals surface area contributed by atoms with Gasteiger partial charge in [0.25, 0.3) is 10.0 Å². The molecular weight excluding hydrogens is 314 g/mol. The van der Waals surface area contributed by atoms with Gasteiger partial charge in [-0.3, -0.25) is 9.78 Å². The standard InChI is InChI=1S/C11H13N5O3S2/c1-6(2)9(17)14-7-3-4-8(13-5-7)10-15-16-11(20-10)21(12,18)19/h3-6H,1-2H3,(H,14,17)(H2,12,18,19). The predicted octanol–water partition coefficient (Wildman–Crippen LogP) is 0.842. The molecular formula is C11H13N5O3S2. The molecule has 2 aromatic rings. The van der Waals surface area contributed by atoms with E-state index in [1.54, 1.807) is 26.0 Å². The fourth-order valence-electron chi connectivity index (χ4n) is 1.31. The van der Waals surface area contributed by atoms with Crippen LogP contribution in [0.2, 0.25) is 0 Å². The first-order valence-electron chi connectivity index (χ1n) is 5.91. The topological polar surface area (TPSA) is 128 Å². The highest BCUT2D eigenvalue weighted by atomic mass is 32.2. The molecule has 0 aliphatic rings. The monoisotopic (exact) mass is 327 g/mol. The number of anilines is 1. The van der Waals surface area contributed by atoms with Crippen LogP contribution in [0.5, 0.6) is 0 Å². The molecule has 0 aromatic carbocycles. The van der Waals surface area contributed by atoms with E-state index in [9.17, 15) is 13.2 Å². The SMILES string of the molecule is CC(C)C(=O)Nc1ccc(-c2nnc(S(N)(=O)=O)s2)nc1. The number of rotatable bonds is 4. The molecule has 2 rings (SSSR count). The first-order valence-corrected chi connectivity index (χ1v) is 8.27. The average Bonchev–Trinajstić information content (AvgIpc) is 2.89. The quantitative estimate of drug-likeness (QED) is 0.856. The molecule has 0 unspecified atom stereocenters. The smallest absolute Gasteiger partial charge is 0.267 e. The first-order chi connectivity index (χ1) is 9.77. The van der Waals surface area contributed by atoms with E-state index in [4.69, 9.17) is 5.14 Å². The molecule has 1 amide bonds. The highest BCUT2D eigenvalue weighted by molar-refractivity contribution is 7.91. The number of pyridine rings is 1. The molecule has 0 fully saturated rings. The molecule has 0 saturated heterocycles. The van der Waals surface area contributed by atoms with Gasteiger partial charge in [-0.15, -0.1) is 10.2 Å². The second-order valence-electron chi connectivity index (χ2n) is 4.49. The van der Waals surface area contributed by atoms with Crippen molar-refractivity contribution in [2.75, 3.05) is 5.32 Å². The lowest BCUT2D eigenvalue weighted by molar-refractivity contribution is -0.118. The normalized spacial score (nSPS) is 11.6. The number of nitrogens with two attached hydrogens (primary N) is 1. The fourth-order valence-corrected chi connectivity index (χ4v) is 2.72. The number of amides is 1. The first kappa shape index (κ1) is 15.5. The van der Waals surface area contributed by atoms with Crippen molar-refractivity contribution < 1.29 is 13.2 Å². The lowest BCUT2D eigenvalue weighted by Crippen LogP contribution is -2.17. The number of hydrogen-bond donors (Lipinski definition) is 2. The number of sulfonamides is 1. The molecule has 112 valence electrons. The summed E-state index contributed by atoms with van der Waals surface area (Å²) in [4.78, 5) is 15.7. The zero-order valence-corrected chi connectivity index (χ0v) is 12.9. The van der Waals surface area contributed by atoms with Crippen LogP contribution in [0.3, 0.4) is 0 Å². The predicted molar refractivity (Wildman–Crippen MR) is 78.0 cm³/mol. The maximum atomic E-state index is 11.5. The minimum absolute atomic E-state index is 0.114. The summed E-state index contributed by atoms with van der Waals surface area (Å²) in [6.45, 7) is 3.57. The Balaban J connectivity index is 2.19. The summed E-state index contributed by atoms with van der Waals surface area (Å²) in [6, 6.07) is 3.27. The van der Waals surface area contributed by atoms with Gasteiger partial charge < -0.3 is 5.32 Å². The number of carbonyl (C=O) groups excluding carboxylic acids is 1. The summed E-state index contributed by atoms with van der Waals surface area (Å²) in [5.41, 5.74) is 0.999. The van der Waals surface area contributed by atoms with Gasteiger partial charge in [0.05, 0.1) is 11.9 Å². The Bertz CT molecular complexity index is 752. The molecule has 2 heterocycles. The second-order valence-corrected chi connectivity index (χ2v) is 7.21. The van der Waals surface area contributed by atoms with E-state index in [0.717, 1.165) is 11.3 Å². The highest BCUT2D eigenvalue weighted by Crippen LogP contribution is 2.24. The second kappa shape index (κ2) is 5.84. The highest BCUT2D eigenvalue weighted by Gasteiger charge is 2.16. The van der Waals surface area contributed by atoms with Gasteiger partial charge in [0.15, 0.2) is 5.01 Å². The van der Waals surface area contributed by atoms with Crippen LogP contribution in [-0.4, -0.2) is 29.5 Å². The van der Waals surface area contributed by atoms with Gasteiger partial charge in [0.2, 0.25) is 10.2 Å². The number of nitrogens with zero attached hydrogens (tertiary/aromatic N) is 3. The number of carbonyl (C=O) groups is 1. The molecule has 0 aliphatic heterocycles.